The largest absolute Gasteiger partial charge is 0.423 e. The lowest BCUT2D eigenvalue weighted by atomic mass is 9.84. The number of nitrogens with zero attached hydrogens (tertiary/aromatic N) is 1. The molecule has 3 rings (SSSR count). The van der Waals surface area contributed by atoms with Gasteiger partial charge in [0.1, 0.15) is 5.75 Å². The number of nitro groups is 1. The molecule has 1 aliphatic carbocycles. The summed E-state index contributed by atoms with van der Waals surface area (Å²) in [7, 11) is 0. The number of hydrogen-bond donors (Lipinski definition) is 0. The Morgan fingerprint density at radius 3 is 2.54 bits per heavy atom. The summed E-state index contributed by atoms with van der Waals surface area (Å²) in [6.07, 6.45) is 5.85. The van der Waals surface area contributed by atoms with E-state index < -0.39 is 10.9 Å². The van der Waals surface area contributed by atoms with E-state index in [2.05, 4.69) is 0 Å². The van der Waals surface area contributed by atoms with Gasteiger partial charge in [-0.25, -0.2) is 4.79 Å². The Morgan fingerprint density at radius 1 is 1.04 bits per heavy atom. The number of carbonyl (C=O) groups is 1. The number of rotatable bonds is 4. The quantitative estimate of drug-likeness (QED) is 0.348. The van der Waals surface area contributed by atoms with Gasteiger partial charge in [-0.15, -0.1) is 0 Å². The van der Waals surface area contributed by atoms with Crippen LogP contribution in [0.5, 0.6) is 5.75 Å². The third-order valence-electron chi connectivity index (χ3n) is 4.46. The lowest BCUT2D eigenvalue weighted by molar-refractivity contribution is -0.384. The summed E-state index contributed by atoms with van der Waals surface area (Å²) >= 11 is 0. The van der Waals surface area contributed by atoms with Gasteiger partial charge in [0.2, 0.25) is 0 Å². The summed E-state index contributed by atoms with van der Waals surface area (Å²) in [5.41, 5.74) is 1.11. The van der Waals surface area contributed by atoms with Gasteiger partial charge in [0.15, 0.2) is 0 Å². The number of ether oxygens (including phenoxy) is 1. The Kier molecular flexibility index (Phi) is 4.89. The third-order valence-corrected chi connectivity index (χ3v) is 4.46. The zero-order valence-corrected chi connectivity index (χ0v) is 13.3. The first-order valence-electron chi connectivity index (χ1n) is 8.21. The number of benzene rings is 2. The highest BCUT2D eigenvalue weighted by Crippen LogP contribution is 2.37. The number of hydrogen-bond acceptors (Lipinski definition) is 4. The predicted molar refractivity (Wildman–Crippen MR) is 90.3 cm³/mol. The molecule has 1 aliphatic rings. The highest BCUT2D eigenvalue weighted by molar-refractivity contribution is 5.91. The van der Waals surface area contributed by atoms with Gasteiger partial charge in [-0.2, -0.15) is 0 Å². The highest BCUT2D eigenvalue weighted by atomic mass is 16.6. The van der Waals surface area contributed by atoms with Gasteiger partial charge in [-0.3, -0.25) is 10.1 Å². The molecule has 2 aromatic rings. The molecule has 0 atom stereocenters. The molecule has 0 N–H and O–H groups in total. The van der Waals surface area contributed by atoms with Crippen LogP contribution in [0.4, 0.5) is 5.69 Å². The minimum atomic E-state index is -0.568. The van der Waals surface area contributed by atoms with Crippen molar-refractivity contribution in [1.29, 1.82) is 0 Å². The predicted octanol–water partition coefficient (Wildman–Crippen LogP) is 4.86. The van der Waals surface area contributed by atoms with Gasteiger partial charge in [0.25, 0.3) is 5.69 Å². The third kappa shape index (κ3) is 3.62. The molecule has 0 saturated heterocycles. The maximum absolute atomic E-state index is 12.4. The molecule has 124 valence electrons. The van der Waals surface area contributed by atoms with E-state index >= 15 is 0 Å². The van der Waals surface area contributed by atoms with Gasteiger partial charge < -0.3 is 4.74 Å². The Labute approximate surface area is 140 Å². The molecule has 2 aromatic carbocycles. The lowest BCUT2D eigenvalue weighted by Crippen LogP contribution is -2.12. The fraction of sp³-hybridized carbons (Fsp3) is 0.316. The molecule has 0 aliphatic heterocycles. The van der Waals surface area contributed by atoms with Crippen molar-refractivity contribution < 1.29 is 14.5 Å². The number of carbonyl (C=O) groups excluding carboxylic acids is 1. The summed E-state index contributed by atoms with van der Waals surface area (Å²) in [5, 5.41) is 10.8. The number of para-hydroxylation sites is 1. The van der Waals surface area contributed by atoms with Crippen LogP contribution in [0.1, 0.15) is 53.9 Å². The monoisotopic (exact) mass is 325 g/mol. The van der Waals surface area contributed by atoms with Crippen LogP contribution in [-0.4, -0.2) is 10.9 Å². The van der Waals surface area contributed by atoms with Crippen LogP contribution < -0.4 is 4.74 Å². The maximum Gasteiger partial charge on any atom is 0.343 e. The molecule has 0 spiro atoms. The summed E-state index contributed by atoms with van der Waals surface area (Å²) in [5.74, 6) is 0.399. The summed E-state index contributed by atoms with van der Waals surface area (Å²) in [6, 6.07) is 13.2. The molecule has 0 unspecified atom stereocenters. The van der Waals surface area contributed by atoms with E-state index in [0.29, 0.717) is 11.7 Å². The van der Waals surface area contributed by atoms with Crippen molar-refractivity contribution in [2.45, 2.75) is 38.0 Å². The molecule has 5 heteroatoms. The Morgan fingerprint density at radius 2 is 1.79 bits per heavy atom. The minimum absolute atomic E-state index is 0.120. The molecule has 0 aromatic heterocycles. The topological polar surface area (TPSA) is 69.4 Å². The van der Waals surface area contributed by atoms with Gasteiger partial charge in [-0.05, 0) is 36.5 Å². The fourth-order valence-corrected chi connectivity index (χ4v) is 3.23. The van der Waals surface area contributed by atoms with Crippen molar-refractivity contribution in [2.24, 2.45) is 0 Å². The molecule has 0 amide bonds. The summed E-state index contributed by atoms with van der Waals surface area (Å²) in [6.45, 7) is 0. The van der Waals surface area contributed by atoms with Crippen molar-refractivity contribution in [2.75, 3.05) is 0 Å². The van der Waals surface area contributed by atoms with E-state index in [4.69, 9.17) is 4.74 Å². The number of esters is 1. The molecular formula is C19H19NO4. The molecule has 0 radical (unpaired) electrons. The molecule has 0 heterocycles. The van der Waals surface area contributed by atoms with Crippen molar-refractivity contribution >= 4 is 11.7 Å². The van der Waals surface area contributed by atoms with Crippen LogP contribution in [0.2, 0.25) is 0 Å². The van der Waals surface area contributed by atoms with E-state index in [9.17, 15) is 14.9 Å². The summed E-state index contributed by atoms with van der Waals surface area (Å²) < 4.78 is 5.56. The summed E-state index contributed by atoms with van der Waals surface area (Å²) in [4.78, 5) is 22.7. The van der Waals surface area contributed by atoms with Crippen LogP contribution in [0, 0.1) is 10.1 Å². The smallest absolute Gasteiger partial charge is 0.343 e. The van der Waals surface area contributed by atoms with Crippen LogP contribution >= 0.6 is 0 Å². The molecular weight excluding hydrogens is 306 g/mol. The zero-order chi connectivity index (χ0) is 16.9. The number of non-ortho nitro benzene ring substituents is 1. The second-order valence-corrected chi connectivity index (χ2v) is 6.07. The van der Waals surface area contributed by atoms with Crippen LogP contribution in [0.25, 0.3) is 0 Å². The van der Waals surface area contributed by atoms with Gasteiger partial charge in [-0.1, -0.05) is 43.5 Å². The van der Waals surface area contributed by atoms with Crippen molar-refractivity contribution in [3.63, 3.8) is 0 Å². The van der Waals surface area contributed by atoms with E-state index in [1.54, 1.807) is 6.07 Å². The lowest BCUT2D eigenvalue weighted by Gasteiger charge is -2.23. The van der Waals surface area contributed by atoms with Crippen molar-refractivity contribution in [3.8, 4) is 5.75 Å². The minimum Gasteiger partial charge on any atom is -0.423 e. The number of nitro benzene ring substituents is 1. The SMILES string of the molecule is O=C(Oc1ccccc1C1CCCCC1)c1cccc([N+](=O)[O-])c1. The van der Waals surface area contributed by atoms with Crippen LogP contribution in [0.15, 0.2) is 48.5 Å². The Balaban J connectivity index is 1.82. The zero-order valence-electron chi connectivity index (χ0n) is 13.3. The average molecular weight is 325 g/mol. The highest BCUT2D eigenvalue weighted by Gasteiger charge is 2.21. The first kappa shape index (κ1) is 16.2. The second kappa shape index (κ2) is 7.25. The van der Waals surface area contributed by atoms with Gasteiger partial charge >= 0.3 is 5.97 Å². The molecule has 1 fully saturated rings. The fourth-order valence-electron chi connectivity index (χ4n) is 3.23. The maximum atomic E-state index is 12.4. The van der Waals surface area contributed by atoms with Crippen LogP contribution in [-0.2, 0) is 0 Å². The first-order chi connectivity index (χ1) is 11.6. The Bertz CT molecular complexity index is 751. The molecule has 1 saturated carbocycles. The molecule has 5 nitrogen and oxygen atoms in total. The first-order valence-corrected chi connectivity index (χ1v) is 8.21. The van der Waals surface area contributed by atoms with Crippen molar-refractivity contribution in [1.82, 2.24) is 0 Å². The Hall–Kier alpha value is -2.69. The van der Waals surface area contributed by atoms with Crippen LogP contribution in [0.3, 0.4) is 0 Å². The normalized spacial score (nSPS) is 15.0. The van der Waals surface area contributed by atoms with E-state index in [0.717, 1.165) is 18.4 Å². The molecule has 24 heavy (non-hydrogen) atoms. The standard InChI is InChI=1S/C19H19NO4/c21-19(15-9-6-10-16(13-15)20(22)23)24-18-12-5-4-11-17(18)14-7-2-1-3-8-14/h4-6,9-14H,1-3,7-8H2. The van der Waals surface area contributed by atoms with E-state index in [1.165, 1.54) is 43.5 Å². The van der Waals surface area contributed by atoms with E-state index in [-0.39, 0.29) is 11.3 Å². The second-order valence-electron chi connectivity index (χ2n) is 6.07. The van der Waals surface area contributed by atoms with Crippen molar-refractivity contribution in [3.05, 3.63) is 69.8 Å². The van der Waals surface area contributed by atoms with Gasteiger partial charge in [0.05, 0.1) is 10.5 Å². The molecule has 0 bridgehead atoms. The van der Waals surface area contributed by atoms with E-state index in [1.807, 2.05) is 18.2 Å². The van der Waals surface area contributed by atoms with Gasteiger partial charge in [0, 0.05) is 12.1 Å². The average Bonchev–Trinajstić information content (AvgIpc) is 2.63.